The Morgan fingerprint density at radius 2 is 2.10 bits per heavy atom. The Kier molecular flexibility index (Phi) is 3.36. The van der Waals surface area contributed by atoms with Crippen LogP contribution in [0, 0.1) is 6.92 Å². The lowest BCUT2D eigenvalue weighted by atomic mass is 10.1. The molecule has 0 radical (unpaired) electrons. The topological polar surface area (TPSA) is 68.5 Å². The van der Waals surface area contributed by atoms with Crippen LogP contribution in [0.4, 0.5) is 5.69 Å². The molecule has 3 aromatic rings. The van der Waals surface area contributed by atoms with Gasteiger partial charge in [-0.05, 0) is 46.7 Å². The van der Waals surface area contributed by atoms with Gasteiger partial charge in [0.2, 0.25) is 0 Å². The molecule has 0 saturated carbocycles. The maximum Gasteiger partial charge on any atom is 0.143 e. The van der Waals surface area contributed by atoms with Gasteiger partial charge < -0.3 is 5.32 Å². The number of aromatic nitrogens is 5. The van der Waals surface area contributed by atoms with Crippen LogP contribution in [0.15, 0.2) is 49.1 Å². The van der Waals surface area contributed by atoms with Crippen molar-refractivity contribution in [3.63, 3.8) is 0 Å². The third kappa shape index (κ3) is 2.49. The minimum atomic E-state index is 0.707. The van der Waals surface area contributed by atoms with Crippen molar-refractivity contribution in [2.75, 3.05) is 5.32 Å². The zero-order chi connectivity index (χ0) is 13.8. The molecule has 1 N–H and O–H groups in total. The maximum absolute atomic E-state index is 4.15. The first kappa shape index (κ1) is 12.3. The van der Waals surface area contributed by atoms with Crippen LogP contribution in [-0.4, -0.2) is 25.2 Å². The van der Waals surface area contributed by atoms with Crippen LogP contribution in [-0.2, 0) is 6.54 Å². The summed E-state index contributed by atoms with van der Waals surface area (Å²) >= 11 is 0. The highest BCUT2D eigenvalue weighted by Crippen LogP contribution is 2.19. The van der Waals surface area contributed by atoms with E-state index in [1.54, 1.807) is 17.2 Å². The van der Waals surface area contributed by atoms with Gasteiger partial charge in [0.25, 0.3) is 0 Å². The fourth-order valence-corrected chi connectivity index (χ4v) is 1.97. The first-order valence-corrected chi connectivity index (χ1v) is 6.30. The molecule has 0 atom stereocenters. The fourth-order valence-electron chi connectivity index (χ4n) is 1.97. The second-order valence-corrected chi connectivity index (χ2v) is 4.43. The van der Waals surface area contributed by atoms with Crippen LogP contribution in [0.3, 0.4) is 0 Å². The summed E-state index contributed by atoms with van der Waals surface area (Å²) in [6, 6.07) is 9.91. The number of benzene rings is 1. The number of para-hydroxylation sites is 2. The summed E-state index contributed by atoms with van der Waals surface area (Å²) in [6.45, 7) is 2.78. The smallest absolute Gasteiger partial charge is 0.143 e. The van der Waals surface area contributed by atoms with Crippen molar-refractivity contribution in [2.45, 2.75) is 13.5 Å². The lowest BCUT2D eigenvalue weighted by molar-refractivity contribution is 0.789. The van der Waals surface area contributed by atoms with Crippen molar-refractivity contribution in [3.8, 4) is 5.69 Å². The van der Waals surface area contributed by atoms with E-state index in [1.807, 2.05) is 36.5 Å². The summed E-state index contributed by atoms with van der Waals surface area (Å²) in [5.74, 6) is 0. The van der Waals surface area contributed by atoms with Crippen molar-refractivity contribution in [3.05, 3.63) is 60.2 Å². The number of rotatable bonds is 4. The largest absolute Gasteiger partial charge is 0.379 e. The number of nitrogens with zero attached hydrogens (tertiary/aromatic N) is 5. The second kappa shape index (κ2) is 5.48. The molecule has 2 heterocycles. The number of nitrogens with one attached hydrogen (secondary N) is 1. The number of aryl methyl sites for hydroxylation is 1. The molecule has 100 valence electrons. The predicted octanol–water partition coefficient (Wildman–Crippen LogP) is 1.98. The molecule has 0 unspecified atom stereocenters. The van der Waals surface area contributed by atoms with Gasteiger partial charge in [0.05, 0.1) is 11.4 Å². The summed E-state index contributed by atoms with van der Waals surface area (Å²) in [5.41, 5.74) is 4.27. The SMILES string of the molecule is Cc1ccncc1CNc1ccccc1-n1cnnn1. The Bertz CT molecular complexity index is 692. The third-order valence-corrected chi connectivity index (χ3v) is 3.12. The zero-order valence-corrected chi connectivity index (χ0v) is 11.1. The van der Waals surface area contributed by atoms with E-state index in [0.29, 0.717) is 6.54 Å². The van der Waals surface area contributed by atoms with Crippen molar-refractivity contribution >= 4 is 5.69 Å². The van der Waals surface area contributed by atoms with Gasteiger partial charge in [0.15, 0.2) is 0 Å². The Hall–Kier alpha value is -2.76. The van der Waals surface area contributed by atoms with Crippen LogP contribution < -0.4 is 5.32 Å². The molecular formula is C14H14N6. The van der Waals surface area contributed by atoms with Crippen LogP contribution in [0.5, 0.6) is 0 Å². The first-order valence-electron chi connectivity index (χ1n) is 6.30. The van der Waals surface area contributed by atoms with E-state index in [9.17, 15) is 0 Å². The molecule has 0 fully saturated rings. The van der Waals surface area contributed by atoms with Gasteiger partial charge in [-0.2, -0.15) is 4.68 Å². The van der Waals surface area contributed by atoms with E-state index in [2.05, 4.69) is 32.7 Å². The quantitative estimate of drug-likeness (QED) is 0.782. The number of hydrogen-bond donors (Lipinski definition) is 1. The predicted molar refractivity (Wildman–Crippen MR) is 75.5 cm³/mol. The second-order valence-electron chi connectivity index (χ2n) is 4.43. The van der Waals surface area contributed by atoms with Crippen molar-refractivity contribution < 1.29 is 0 Å². The first-order chi connectivity index (χ1) is 9.84. The molecule has 6 nitrogen and oxygen atoms in total. The number of anilines is 1. The zero-order valence-electron chi connectivity index (χ0n) is 11.1. The molecule has 0 amide bonds. The van der Waals surface area contributed by atoms with E-state index >= 15 is 0 Å². The average molecular weight is 266 g/mol. The molecular weight excluding hydrogens is 252 g/mol. The fraction of sp³-hybridized carbons (Fsp3) is 0.143. The van der Waals surface area contributed by atoms with E-state index in [0.717, 1.165) is 11.4 Å². The Morgan fingerprint density at radius 3 is 2.90 bits per heavy atom. The van der Waals surface area contributed by atoms with E-state index < -0.39 is 0 Å². The molecule has 0 aliphatic carbocycles. The molecule has 3 rings (SSSR count). The maximum atomic E-state index is 4.15. The van der Waals surface area contributed by atoms with Crippen LogP contribution in [0.1, 0.15) is 11.1 Å². The minimum absolute atomic E-state index is 0.707. The average Bonchev–Trinajstić information content (AvgIpc) is 3.01. The molecule has 6 heteroatoms. The monoisotopic (exact) mass is 266 g/mol. The number of tetrazole rings is 1. The van der Waals surface area contributed by atoms with E-state index in [1.165, 1.54) is 11.1 Å². The molecule has 0 aliphatic rings. The molecule has 0 saturated heterocycles. The minimum Gasteiger partial charge on any atom is -0.379 e. The summed E-state index contributed by atoms with van der Waals surface area (Å²) in [4.78, 5) is 4.15. The van der Waals surface area contributed by atoms with Crippen molar-refractivity contribution in [1.29, 1.82) is 0 Å². The number of hydrogen-bond acceptors (Lipinski definition) is 5. The van der Waals surface area contributed by atoms with Crippen LogP contribution >= 0.6 is 0 Å². The molecule has 0 spiro atoms. The molecule has 0 bridgehead atoms. The molecule has 0 aliphatic heterocycles. The van der Waals surface area contributed by atoms with Crippen LogP contribution in [0.25, 0.3) is 5.69 Å². The Balaban J connectivity index is 1.84. The van der Waals surface area contributed by atoms with Crippen molar-refractivity contribution in [1.82, 2.24) is 25.2 Å². The van der Waals surface area contributed by atoms with Gasteiger partial charge >= 0.3 is 0 Å². The van der Waals surface area contributed by atoms with Gasteiger partial charge in [-0.15, -0.1) is 5.10 Å². The van der Waals surface area contributed by atoms with Gasteiger partial charge in [0.1, 0.15) is 6.33 Å². The summed E-state index contributed by atoms with van der Waals surface area (Å²) in [7, 11) is 0. The third-order valence-electron chi connectivity index (χ3n) is 3.12. The molecule has 2 aromatic heterocycles. The van der Waals surface area contributed by atoms with Gasteiger partial charge in [-0.1, -0.05) is 12.1 Å². The van der Waals surface area contributed by atoms with Gasteiger partial charge in [-0.25, -0.2) is 0 Å². The molecule has 20 heavy (non-hydrogen) atoms. The summed E-state index contributed by atoms with van der Waals surface area (Å²) in [5, 5.41) is 14.7. The normalized spacial score (nSPS) is 10.4. The summed E-state index contributed by atoms with van der Waals surface area (Å²) in [6.07, 6.45) is 5.26. The van der Waals surface area contributed by atoms with E-state index in [-0.39, 0.29) is 0 Å². The van der Waals surface area contributed by atoms with Gasteiger partial charge in [0, 0.05) is 18.9 Å². The lowest BCUT2D eigenvalue weighted by Crippen LogP contribution is -2.06. The highest BCUT2D eigenvalue weighted by Gasteiger charge is 2.05. The molecule has 1 aromatic carbocycles. The van der Waals surface area contributed by atoms with Crippen molar-refractivity contribution in [2.24, 2.45) is 0 Å². The van der Waals surface area contributed by atoms with Crippen LogP contribution in [0.2, 0.25) is 0 Å². The standard InChI is InChI=1S/C14H14N6/c1-11-6-7-15-8-12(11)9-16-13-4-2-3-5-14(13)20-10-17-18-19-20/h2-8,10,16H,9H2,1H3. The number of pyridine rings is 1. The Morgan fingerprint density at radius 1 is 1.20 bits per heavy atom. The lowest BCUT2D eigenvalue weighted by Gasteiger charge is -2.12. The summed E-state index contributed by atoms with van der Waals surface area (Å²) < 4.78 is 1.64. The highest BCUT2D eigenvalue weighted by atomic mass is 15.5. The highest BCUT2D eigenvalue weighted by molar-refractivity contribution is 5.60. The van der Waals surface area contributed by atoms with E-state index in [4.69, 9.17) is 0 Å². The van der Waals surface area contributed by atoms with Gasteiger partial charge in [-0.3, -0.25) is 4.98 Å². The Labute approximate surface area is 116 Å².